The molecule has 0 bridgehead atoms. The van der Waals surface area contributed by atoms with Crippen molar-refractivity contribution in [2.45, 2.75) is 24.4 Å². The van der Waals surface area contributed by atoms with E-state index in [4.69, 9.17) is 27.9 Å². The van der Waals surface area contributed by atoms with E-state index in [9.17, 15) is 13.2 Å². The van der Waals surface area contributed by atoms with Crippen LogP contribution in [0.5, 0.6) is 5.75 Å². The van der Waals surface area contributed by atoms with Gasteiger partial charge in [-0.2, -0.15) is 4.31 Å². The van der Waals surface area contributed by atoms with Crippen molar-refractivity contribution in [1.29, 1.82) is 0 Å². The van der Waals surface area contributed by atoms with Crippen LogP contribution < -0.4 is 10.1 Å². The van der Waals surface area contributed by atoms with Gasteiger partial charge < -0.3 is 10.1 Å². The van der Waals surface area contributed by atoms with Crippen molar-refractivity contribution in [3.8, 4) is 5.75 Å². The number of nitrogens with one attached hydrogen (secondary N) is 1. The van der Waals surface area contributed by atoms with Crippen LogP contribution in [0.25, 0.3) is 0 Å². The Labute approximate surface area is 204 Å². The largest absolute Gasteiger partial charge is 0.496 e. The number of rotatable bonds is 8. The Bertz CT molecular complexity index is 1230. The number of methoxy groups -OCH3 is 1. The normalized spacial score (nSPS) is 12.4. The van der Waals surface area contributed by atoms with Gasteiger partial charge in [0.1, 0.15) is 5.75 Å². The van der Waals surface area contributed by atoms with Gasteiger partial charge in [0, 0.05) is 34.8 Å². The SMILES string of the molecule is COc1ccc(C(=O)NC(C)c2ccc(Cl)cc2)cc1CN(C)S(=O)(=O)c1ccc(Cl)cc1. The molecule has 9 heteroatoms. The molecular weight excluding hydrogens is 483 g/mol. The first-order chi connectivity index (χ1) is 15.6. The van der Waals surface area contributed by atoms with Crippen molar-refractivity contribution >= 4 is 39.1 Å². The lowest BCUT2D eigenvalue weighted by atomic mass is 10.1. The van der Waals surface area contributed by atoms with Gasteiger partial charge in [-0.1, -0.05) is 35.3 Å². The molecule has 1 unspecified atom stereocenters. The summed E-state index contributed by atoms with van der Waals surface area (Å²) in [6.45, 7) is 1.89. The summed E-state index contributed by atoms with van der Waals surface area (Å²) in [4.78, 5) is 13.0. The summed E-state index contributed by atoms with van der Waals surface area (Å²) in [5, 5.41) is 4.01. The van der Waals surface area contributed by atoms with Crippen LogP contribution >= 0.6 is 23.2 Å². The highest BCUT2D eigenvalue weighted by molar-refractivity contribution is 7.89. The molecule has 0 aromatic heterocycles. The fraction of sp³-hybridized carbons (Fsp3) is 0.208. The number of ether oxygens (including phenoxy) is 1. The fourth-order valence-corrected chi connectivity index (χ4v) is 4.67. The minimum absolute atomic E-state index is 0.0159. The van der Waals surface area contributed by atoms with E-state index in [-0.39, 0.29) is 23.4 Å². The zero-order valence-corrected chi connectivity index (χ0v) is 20.7. The van der Waals surface area contributed by atoms with E-state index in [1.165, 1.54) is 42.7 Å². The Hall–Kier alpha value is -2.58. The van der Waals surface area contributed by atoms with E-state index in [0.29, 0.717) is 26.9 Å². The number of hydrogen-bond donors (Lipinski definition) is 1. The second kappa shape index (κ2) is 10.6. The van der Waals surface area contributed by atoms with Gasteiger partial charge in [-0.05, 0) is 67.1 Å². The molecule has 0 aliphatic rings. The Morgan fingerprint density at radius 2 is 1.58 bits per heavy atom. The predicted octanol–water partition coefficient (Wildman–Crippen LogP) is 5.31. The van der Waals surface area contributed by atoms with Gasteiger partial charge >= 0.3 is 0 Å². The van der Waals surface area contributed by atoms with Gasteiger partial charge in [0.15, 0.2) is 0 Å². The number of carbonyl (C=O) groups is 1. The summed E-state index contributed by atoms with van der Waals surface area (Å²) in [7, 11) is -0.797. The molecule has 3 aromatic rings. The van der Waals surface area contributed by atoms with Crippen LogP contribution in [0.1, 0.15) is 34.5 Å². The molecule has 3 aromatic carbocycles. The zero-order valence-electron chi connectivity index (χ0n) is 18.4. The van der Waals surface area contributed by atoms with Crippen LogP contribution in [0.3, 0.4) is 0 Å². The molecule has 1 atom stereocenters. The first-order valence-corrected chi connectivity index (χ1v) is 12.3. The molecule has 0 saturated carbocycles. The lowest BCUT2D eigenvalue weighted by Gasteiger charge is -2.20. The second-order valence-corrected chi connectivity index (χ2v) is 10.4. The highest BCUT2D eigenvalue weighted by Gasteiger charge is 2.23. The summed E-state index contributed by atoms with van der Waals surface area (Å²) in [6.07, 6.45) is 0. The molecule has 1 N–H and O–H groups in total. The third-order valence-corrected chi connectivity index (χ3v) is 7.50. The lowest BCUT2D eigenvalue weighted by Crippen LogP contribution is -2.28. The van der Waals surface area contributed by atoms with Crippen LogP contribution in [0, 0.1) is 0 Å². The van der Waals surface area contributed by atoms with Gasteiger partial charge in [0.25, 0.3) is 5.91 Å². The summed E-state index contributed by atoms with van der Waals surface area (Å²) >= 11 is 11.8. The van der Waals surface area contributed by atoms with E-state index in [0.717, 1.165) is 5.56 Å². The van der Waals surface area contributed by atoms with Crippen LogP contribution in [-0.4, -0.2) is 32.8 Å². The highest BCUT2D eigenvalue weighted by Crippen LogP contribution is 2.25. The Morgan fingerprint density at radius 3 is 2.15 bits per heavy atom. The van der Waals surface area contributed by atoms with Gasteiger partial charge in [-0.3, -0.25) is 4.79 Å². The first kappa shape index (κ1) is 25.1. The van der Waals surface area contributed by atoms with E-state index in [2.05, 4.69) is 5.32 Å². The molecule has 0 heterocycles. The number of nitrogens with zero attached hydrogens (tertiary/aromatic N) is 1. The quantitative estimate of drug-likeness (QED) is 0.448. The predicted molar refractivity (Wildman–Crippen MR) is 130 cm³/mol. The third-order valence-electron chi connectivity index (χ3n) is 5.18. The van der Waals surface area contributed by atoms with Crippen molar-refractivity contribution in [3.63, 3.8) is 0 Å². The molecule has 0 aliphatic carbocycles. The van der Waals surface area contributed by atoms with E-state index >= 15 is 0 Å². The van der Waals surface area contributed by atoms with Gasteiger partial charge in [0.05, 0.1) is 18.0 Å². The molecular formula is C24H24Cl2N2O4S. The van der Waals surface area contributed by atoms with Crippen LogP contribution in [0.2, 0.25) is 10.0 Å². The minimum atomic E-state index is -3.76. The molecule has 33 heavy (non-hydrogen) atoms. The Morgan fingerprint density at radius 1 is 1.00 bits per heavy atom. The second-order valence-electron chi connectivity index (χ2n) is 7.49. The molecule has 1 amide bonds. The smallest absolute Gasteiger partial charge is 0.251 e. The number of amides is 1. The van der Waals surface area contributed by atoms with Crippen LogP contribution in [0.4, 0.5) is 0 Å². The molecule has 174 valence electrons. The first-order valence-electron chi connectivity index (χ1n) is 10.1. The van der Waals surface area contributed by atoms with Crippen molar-refractivity contribution in [2.24, 2.45) is 0 Å². The molecule has 0 aliphatic heterocycles. The molecule has 0 saturated heterocycles. The molecule has 0 spiro atoms. The average Bonchev–Trinajstić information content (AvgIpc) is 2.79. The zero-order chi connectivity index (χ0) is 24.2. The van der Waals surface area contributed by atoms with E-state index in [1.54, 1.807) is 30.3 Å². The van der Waals surface area contributed by atoms with Gasteiger partial charge in [-0.15, -0.1) is 0 Å². The van der Waals surface area contributed by atoms with Crippen molar-refractivity contribution in [3.05, 3.63) is 93.5 Å². The standard InChI is InChI=1S/C24H24Cl2N2O4S/c1-16(17-4-7-20(25)8-5-17)27-24(29)18-6-13-23(32-3)19(14-18)15-28(2)33(30,31)22-11-9-21(26)10-12-22/h4-14,16H,15H2,1-3H3,(H,27,29). The topological polar surface area (TPSA) is 75.7 Å². The lowest BCUT2D eigenvalue weighted by molar-refractivity contribution is 0.0939. The van der Waals surface area contributed by atoms with E-state index in [1.807, 2.05) is 19.1 Å². The monoisotopic (exact) mass is 506 g/mol. The third kappa shape index (κ3) is 6.06. The number of benzene rings is 3. The molecule has 0 fully saturated rings. The van der Waals surface area contributed by atoms with Crippen LogP contribution in [0.15, 0.2) is 71.6 Å². The summed E-state index contributed by atoms with van der Waals surface area (Å²) in [5.74, 6) is 0.194. The van der Waals surface area contributed by atoms with Crippen molar-refractivity contribution in [1.82, 2.24) is 9.62 Å². The molecule has 0 radical (unpaired) electrons. The number of halogens is 2. The Balaban J connectivity index is 1.80. The fourth-order valence-electron chi connectivity index (χ4n) is 3.27. The van der Waals surface area contributed by atoms with Crippen molar-refractivity contribution in [2.75, 3.05) is 14.2 Å². The maximum Gasteiger partial charge on any atom is 0.251 e. The number of sulfonamides is 1. The Kier molecular flexibility index (Phi) is 8.02. The van der Waals surface area contributed by atoms with Gasteiger partial charge in [0.2, 0.25) is 10.0 Å². The highest BCUT2D eigenvalue weighted by atomic mass is 35.5. The molecule has 6 nitrogen and oxygen atoms in total. The van der Waals surface area contributed by atoms with Gasteiger partial charge in [-0.25, -0.2) is 8.42 Å². The number of hydrogen-bond acceptors (Lipinski definition) is 4. The minimum Gasteiger partial charge on any atom is -0.496 e. The summed E-state index contributed by atoms with van der Waals surface area (Å²) < 4.78 is 32.5. The maximum absolute atomic E-state index is 12.9. The van der Waals surface area contributed by atoms with Crippen LogP contribution in [-0.2, 0) is 16.6 Å². The van der Waals surface area contributed by atoms with E-state index < -0.39 is 10.0 Å². The average molecular weight is 507 g/mol. The molecule has 3 rings (SSSR count). The summed E-state index contributed by atoms with van der Waals surface area (Å²) in [6, 6.07) is 17.9. The maximum atomic E-state index is 12.9. The number of carbonyl (C=O) groups excluding carboxylic acids is 1. The van der Waals surface area contributed by atoms with Crippen molar-refractivity contribution < 1.29 is 17.9 Å². The summed E-state index contributed by atoms with van der Waals surface area (Å²) in [5.41, 5.74) is 1.86.